The predicted molar refractivity (Wildman–Crippen MR) is 87.8 cm³/mol. The van der Waals surface area contributed by atoms with Crippen LogP contribution in [-0.2, 0) is 12.8 Å². The first-order valence-electron chi connectivity index (χ1n) is 8.11. The van der Waals surface area contributed by atoms with Crippen molar-refractivity contribution >= 4 is 5.82 Å². The van der Waals surface area contributed by atoms with Crippen molar-refractivity contribution in [3.63, 3.8) is 0 Å². The van der Waals surface area contributed by atoms with Gasteiger partial charge in [-0.3, -0.25) is 0 Å². The molecule has 0 aromatic carbocycles. The van der Waals surface area contributed by atoms with E-state index >= 15 is 0 Å². The lowest BCUT2D eigenvalue weighted by atomic mass is 10.1. The summed E-state index contributed by atoms with van der Waals surface area (Å²) in [4.78, 5) is 14.3. The van der Waals surface area contributed by atoms with Gasteiger partial charge in [0, 0.05) is 50.4 Å². The van der Waals surface area contributed by atoms with E-state index in [1.165, 1.54) is 0 Å². The van der Waals surface area contributed by atoms with Gasteiger partial charge in [-0.15, -0.1) is 0 Å². The number of hydrogen-bond donors (Lipinski definition) is 1. The highest BCUT2D eigenvalue weighted by Crippen LogP contribution is 2.14. The third-order valence-corrected chi connectivity index (χ3v) is 4.09. The Balaban J connectivity index is 2.13. The molecule has 2 rings (SSSR count). The Hall–Kier alpha value is -1.20. The van der Waals surface area contributed by atoms with E-state index in [0.29, 0.717) is 6.04 Å². The van der Waals surface area contributed by atoms with Crippen LogP contribution in [0.3, 0.4) is 0 Å². The molecular formula is C16H29N5. The summed E-state index contributed by atoms with van der Waals surface area (Å²) in [5.74, 6) is 1.95. The fourth-order valence-electron chi connectivity index (χ4n) is 2.83. The van der Waals surface area contributed by atoms with E-state index in [1.54, 1.807) is 0 Å². The van der Waals surface area contributed by atoms with Gasteiger partial charge in [0.2, 0.25) is 0 Å². The van der Waals surface area contributed by atoms with Crippen molar-refractivity contribution in [3.05, 3.63) is 17.6 Å². The Labute approximate surface area is 128 Å². The van der Waals surface area contributed by atoms with Gasteiger partial charge < -0.3 is 15.1 Å². The number of piperazine rings is 1. The van der Waals surface area contributed by atoms with Crippen molar-refractivity contribution in [2.24, 2.45) is 0 Å². The topological polar surface area (TPSA) is 44.3 Å². The number of anilines is 1. The average Bonchev–Trinajstić information content (AvgIpc) is 2.43. The highest BCUT2D eigenvalue weighted by atomic mass is 15.3. The van der Waals surface area contributed by atoms with Crippen molar-refractivity contribution < 1.29 is 0 Å². The summed E-state index contributed by atoms with van der Waals surface area (Å²) in [5.41, 5.74) is 1.16. The molecule has 1 N–H and O–H groups in total. The van der Waals surface area contributed by atoms with Gasteiger partial charge in [0.05, 0.1) is 0 Å². The quantitative estimate of drug-likeness (QED) is 0.863. The molecule has 0 radical (unpaired) electrons. The van der Waals surface area contributed by atoms with Gasteiger partial charge in [-0.25, -0.2) is 9.97 Å². The van der Waals surface area contributed by atoms with E-state index in [9.17, 15) is 0 Å². The lowest BCUT2D eigenvalue weighted by Crippen LogP contribution is -2.51. The van der Waals surface area contributed by atoms with Crippen LogP contribution in [0.5, 0.6) is 0 Å². The van der Waals surface area contributed by atoms with Gasteiger partial charge in [-0.1, -0.05) is 13.3 Å². The molecule has 118 valence electrons. The summed E-state index contributed by atoms with van der Waals surface area (Å²) in [7, 11) is 4.40. The molecule has 2 heterocycles. The largest absolute Gasteiger partial charge is 0.370 e. The number of hydrogen-bond acceptors (Lipinski definition) is 5. The summed E-state index contributed by atoms with van der Waals surface area (Å²) in [6.45, 7) is 8.55. The predicted octanol–water partition coefficient (Wildman–Crippen LogP) is 1.65. The minimum atomic E-state index is 0.509. The van der Waals surface area contributed by atoms with Gasteiger partial charge in [0.1, 0.15) is 11.6 Å². The van der Waals surface area contributed by atoms with Gasteiger partial charge in [-0.2, -0.15) is 0 Å². The van der Waals surface area contributed by atoms with Crippen LogP contribution in [0.15, 0.2) is 6.07 Å². The summed E-state index contributed by atoms with van der Waals surface area (Å²) in [5, 5.41) is 3.33. The van der Waals surface area contributed by atoms with Gasteiger partial charge in [0.25, 0.3) is 0 Å². The number of nitrogens with zero attached hydrogens (tertiary/aromatic N) is 4. The molecule has 1 unspecified atom stereocenters. The summed E-state index contributed by atoms with van der Waals surface area (Å²) in [6, 6.07) is 2.60. The van der Waals surface area contributed by atoms with E-state index in [0.717, 1.165) is 62.8 Å². The Morgan fingerprint density at radius 2 is 2.05 bits per heavy atom. The number of aromatic nitrogens is 2. The average molecular weight is 291 g/mol. The van der Waals surface area contributed by atoms with Crippen molar-refractivity contribution in [3.8, 4) is 0 Å². The summed E-state index contributed by atoms with van der Waals surface area (Å²) in [6.07, 6.45) is 3.07. The summed E-state index contributed by atoms with van der Waals surface area (Å²) >= 11 is 0. The molecule has 1 aromatic heterocycles. The minimum Gasteiger partial charge on any atom is -0.370 e. The van der Waals surface area contributed by atoms with Crippen LogP contribution < -0.4 is 5.32 Å². The Bertz CT molecular complexity index is 424. The zero-order valence-electron chi connectivity index (χ0n) is 13.9. The molecule has 1 aliphatic heterocycles. The first-order valence-corrected chi connectivity index (χ1v) is 8.11. The van der Waals surface area contributed by atoms with E-state index in [1.807, 2.05) is 0 Å². The molecule has 1 fully saturated rings. The molecular weight excluding hydrogens is 262 g/mol. The Morgan fingerprint density at radius 3 is 2.76 bits per heavy atom. The molecule has 1 aliphatic rings. The lowest BCUT2D eigenvalue weighted by Gasteiger charge is -2.37. The highest BCUT2D eigenvalue weighted by molar-refractivity contribution is 5.36. The second kappa shape index (κ2) is 7.71. The second-order valence-electron chi connectivity index (χ2n) is 6.04. The highest BCUT2D eigenvalue weighted by Gasteiger charge is 2.23. The zero-order valence-corrected chi connectivity index (χ0v) is 13.9. The molecule has 0 saturated carbocycles. The van der Waals surface area contributed by atoms with Gasteiger partial charge >= 0.3 is 0 Å². The fourth-order valence-corrected chi connectivity index (χ4v) is 2.83. The SMILES string of the molecule is CCCc1cc(NCC)nc(CC2CN(C)CCN2C)n1. The standard InChI is InChI=1S/C16H29N5/c1-5-7-13-10-15(17-6-2)19-16(18-13)11-14-12-20(3)8-9-21(14)4/h10,14H,5-9,11-12H2,1-4H3,(H,17,18,19). The van der Waals surface area contributed by atoms with Crippen LogP contribution in [0.2, 0.25) is 0 Å². The maximum absolute atomic E-state index is 4.76. The molecule has 1 aromatic rings. The molecule has 0 spiro atoms. The Kier molecular flexibility index (Phi) is 5.94. The maximum Gasteiger partial charge on any atom is 0.132 e. The fraction of sp³-hybridized carbons (Fsp3) is 0.750. The van der Waals surface area contributed by atoms with Crippen molar-refractivity contribution in [2.45, 2.75) is 39.2 Å². The van der Waals surface area contributed by atoms with E-state index < -0.39 is 0 Å². The molecule has 1 saturated heterocycles. The zero-order chi connectivity index (χ0) is 15.2. The monoisotopic (exact) mass is 291 g/mol. The smallest absolute Gasteiger partial charge is 0.132 e. The number of rotatable bonds is 6. The van der Waals surface area contributed by atoms with Gasteiger partial charge in [0.15, 0.2) is 0 Å². The van der Waals surface area contributed by atoms with Crippen molar-refractivity contribution in [1.29, 1.82) is 0 Å². The lowest BCUT2D eigenvalue weighted by molar-refractivity contribution is 0.113. The van der Waals surface area contributed by atoms with Crippen LogP contribution in [0.4, 0.5) is 5.82 Å². The first kappa shape index (κ1) is 16.2. The second-order valence-corrected chi connectivity index (χ2v) is 6.04. The molecule has 1 atom stereocenters. The Morgan fingerprint density at radius 1 is 1.24 bits per heavy atom. The molecule has 21 heavy (non-hydrogen) atoms. The number of aryl methyl sites for hydroxylation is 1. The molecule has 5 nitrogen and oxygen atoms in total. The third kappa shape index (κ3) is 4.64. The molecule has 0 amide bonds. The summed E-state index contributed by atoms with van der Waals surface area (Å²) < 4.78 is 0. The van der Waals surface area contributed by atoms with Crippen LogP contribution in [0, 0.1) is 0 Å². The maximum atomic E-state index is 4.76. The van der Waals surface area contributed by atoms with E-state index in [2.05, 4.69) is 49.1 Å². The van der Waals surface area contributed by atoms with E-state index in [-0.39, 0.29) is 0 Å². The molecule has 0 bridgehead atoms. The minimum absolute atomic E-state index is 0.509. The normalized spacial score (nSPS) is 20.7. The van der Waals surface area contributed by atoms with Crippen molar-refractivity contribution in [2.75, 3.05) is 45.6 Å². The van der Waals surface area contributed by atoms with Crippen LogP contribution >= 0.6 is 0 Å². The number of nitrogens with one attached hydrogen (secondary N) is 1. The molecule has 0 aliphatic carbocycles. The number of likely N-dealkylation sites (N-methyl/N-ethyl adjacent to an activating group) is 2. The van der Waals surface area contributed by atoms with Crippen LogP contribution in [0.25, 0.3) is 0 Å². The first-order chi connectivity index (χ1) is 10.1. The van der Waals surface area contributed by atoms with Crippen LogP contribution in [-0.4, -0.2) is 66.1 Å². The third-order valence-electron chi connectivity index (χ3n) is 4.09. The van der Waals surface area contributed by atoms with Gasteiger partial charge in [-0.05, 0) is 27.4 Å². The van der Waals surface area contributed by atoms with E-state index in [4.69, 9.17) is 9.97 Å². The molecule has 5 heteroatoms. The van der Waals surface area contributed by atoms with Crippen molar-refractivity contribution in [1.82, 2.24) is 19.8 Å². The van der Waals surface area contributed by atoms with Crippen LogP contribution in [0.1, 0.15) is 31.8 Å².